The van der Waals surface area contributed by atoms with Crippen molar-refractivity contribution < 1.29 is 32.5 Å². The Kier molecular flexibility index (Phi) is 7.29. The van der Waals surface area contributed by atoms with Gasteiger partial charge in [-0.1, -0.05) is 41.4 Å². The highest BCUT2D eigenvalue weighted by atomic mass is 35.5. The number of rotatable bonds is 6. The van der Waals surface area contributed by atoms with Crippen LogP contribution in [0.5, 0.6) is 11.5 Å². The van der Waals surface area contributed by atoms with Crippen LogP contribution in [0.1, 0.15) is 41.6 Å². The molecule has 0 saturated heterocycles. The molecule has 1 unspecified atom stereocenters. The van der Waals surface area contributed by atoms with Crippen LogP contribution in [0.4, 0.5) is 24.5 Å². The van der Waals surface area contributed by atoms with Gasteiger partial charge in [-0.15, -0.1) is 0 Å². The van der Waals surface area contributed by atoms with Gasteiger partial charge in [0, 0.05) is 36.1 Å². The maximum Gasteiger partial charge on any atom is 0.416 e. The van der Waals surface area contributed by atoms with Gasteiger partial charge >= 0.3 is 17.6 Å². The van der Waals surface area contributed by atoms with Crippen LogP contribution in [-0.4, -0.2) is 26.5 Å². The summed E-state index contributed by atoms with van der Waals surface area (Å²) >= 11 is 6.19. The van der Waals surface area contributed by atoms with Crippen molar-refractivity contribution in [2.45, 2.75) is 32.5 Å². The standard InChI is InChI=1S/C25H18ClF3N4O6/c1-13-3-5-15(6-4-13)19-12-20(31(30-19)14(2)34)18-11-17(26)7-8-23(18)39-24-21(32(35)36)9-16(25(27,28)29)10-22(24)33(37)38/h3-11,20H,12H2,1-2H3. The molecule has 1 amide bonds. The van der Waals surface area contributed by atoms with E-state index in [0.29, 0.717) is 5.71 Å². The molecule has 0 radical (unpaired) electrons. The molecule has 1 aliphatic heterocycles. The number of aryl methyl sites for hydroxylation is 1. The van der Waals surface area contributed by atoms with E-state index in [-0.39, 0.29) is 34.9 Å². The van der Waals surface area contributed by atoms with E-state index in [4.69, 9.17) is 16.3 Å². The lowest BCUT2D eigenvalue weighted by Crippen LogP contribution is -2.24. The summed E-state index contributed by atoms with van der Waals surface area (Å²) in [4.78, 5) is 33.4. The minimum Gasteiger partial charge on any atom is -0.444 e. The highest BCUT2D eigenvalue weighted by Gasteiger charge is 2.40. The Morgan fingerprint density at radius 1 is 1.05 bits per heavy atom. The van der Waals surface area contributed by atoms with Crippen LogP contribution in [0.25, 0.3) is 0 Å². The summed E-state index contributed by atoms with van der Waals surface area (Å²) < 4.78 is 45.6. The molecule has 1 atom stereocenters. The third-order valence-electron chi connectivity index (χ3n) is 5.93. The van der Waals surface area contributed by atoms with Crippen molar-refractivity contribution in [2.24, 2.45) is 5.10 Å². The number of amides is 1. The zero-order valence-corrected chi connectivity index (χ0v) is 21.0. The number of hydrogen-bond acceptors (Lipinski definition) is 7. The lowest BCUT2D eigenvalue weighted by molar-refractivity contribution is -0.396. The first kappa shape index (κ1) is 27.5. The molecule has 202 valence electrons. The molecule has 1 heterocycles. The molecule has 3 aromatic rings. The number of hydrazone groups is 1. The van der Waals surface area contributed by atoms with E-state index >= 15 is 0 Å². The molecule has 4 rings (SSSR count). The highest BCUT2D eigenvalue weighted by molar-refractivity contribution is 6.30. The van der Waals surface area contributed by atoms with Gasteiger partial charge in [0.25, 0.3) is 5.75 Å². The van der Waals surface area contributed by atoms with Gasteiger partial charge in [-0.2, -0.15) is 18.3 Å². The average Bonchev–Trinajstić information content (AvgIpc) is 3.30. The second-order valence-corrected chi connectivity index (χ2v) is 9.07. The molecule has 39 heavy (non-hydrogen) atoms. The summed E-state index contributed by atoms with van der Waals surface area (Å²) in [5, 5.41) is 29.1. The predicted molar refractivity (Wildman–Crippen MR) is 134 cm³/mol. The average molecular weight is 563 g/mol. The number of halogens is 4. The fourth-order valence-corrected chi connectivity index (χ4v) is 4.26. The molecule has 0 fully saturated rings. The van der Waals surface area contributed by atoms with Crippen molar-refractivity contribution in [2.75, 3.05) is 0 Å². The lowest BCUT2D eigenvalue weighted by atomic mass is 9.97. The largest absolute Gasteiger partial charge is 0.444 e. The molecule has 0 N–H and O–H groups in total. The van der Waals surface area contributed by atoms with Crippen molar-refractivity contribution in [3.05, 3.63) is 102 Å². The van der Waals surface area contributed by atoms with Crippen LogP contribution in [-0.2, 0) is 11.0 Å². The van der Waals surface area contributed by atoms with Crippen LogP contribution in [0.3, 0.4) is 0 Å². The maximum atomic E-state index is 13.3. The molecule has 0 bridgehead atoms. The van der Waals surface area contributed by atoms with E-state index in [9.17, 15) is 38.2 Å². The van der Waals surface area contributed by atoms with Gasteiger partial charge < -0.3 is 4.74 Å². The smallest absolute Gasteiger partial charge is 0.416 e. The van der Waals surface area contributed by atoms with Gasteiger partial charge in [0.2, 0.25) is 5.91 Å². The number of alkyl halides is 3. The number of nitro groups is 2. The van der Waals surface area contributed by atoms with E-state index in [0.717, 1.165) is 16.1 Å². The van der Waals surface area contributed by atoms with E-state index in [1.165, 1.54) is 25.1 Å². The number of hydrogen-bond donors (Lipinski definition) is 0. The summed E-state index contributed by atoms with van der Waals surface area (Å²) in [6.45, 7) is 3.17. The topological polar surface area (TPSA) is 128 Å². The Balaban J connectivity index is 1.83. The van der Waals surface area contributed by atoms with Crippen molar-refractivity contribution >= 4 is 34.6 Å². The zero-order valence-electron chi connectivity index (χ0n) is 20.2. The van der Waals surface area contributed by atoms with Gasteiger partial charge in [0.05, 0.1) is 27.2 Å². The quantitative estimate of drug-likeness (QED) is 0.235. The summed E-state index contributed by atoms with van der Waals surface area (Å²) in [6, 6.07) is 10.8. The SMILES string of the molecule is CC(=O)N1N=C(c2ccc(C)cc2)CC1c1cc(Cl)ccc1Oc1c([N+](=O)[O-])cc(C(F)(F)F)cc1[N+](=O)[O-]. The van der Waals surface area contributed by atoms with E-state index < -0.39 is 50.7 Å². The summed E-state index contributed by atoms with van der Waals surface area (Å²) in [6.07, 6.45) is -4.93. The van der Waals surface area contributed by atoms with E-state index in [1.807, 2.05) is 31.2 Å². The molecule has 10 nitrogen and oxygen atoms in total. The third-order valence-corrected chi connectivity index (χ3v) is 6.17. The Labute approximate surface area is 223 Å². The molecular weight excluding hydrogens is 545 g/mol. The van der Waals surface area contributed by atoms with Crippen molar-refractivity contribution in [1.82, 2.24) is 5.01 Å². The Bertz CT molecular complexity index is 1490. The van der Waals surface area contributed by atoms with E-state index in [2.05, 4.69) is 5.10 Å². The monoisotopic (exact) mass is 562 g/mol. The maximum absolute atomic E-state index is 13.3. The number of benzene rings is 3. The fourth-order valence-electron chi connectivity index (χ4n) is 4.08. The van der Waals surface area contributed by atoms with Crippen LogP contribution >= 0.6 is 11.6 Å². The van der Waals surface area contributed by atoms with Crippen molar-refractivity contribution in [1.29, 1.82) is 0 Å². The molecule has 1 aliphatic rings. The Morgan fingerprint density at radius 3 is 2.15 bits per heavy atom. The Hall–Kier alpha value is -4.52. The third kappa shape index (κ3) is 5.67. The number of ether oxygens (including phenoxy) is 1. The number of nitro benzene ring substituents is 2. The predicted octanol–water partition coefficient (Wildman–Crippen LogP) is 6.97. The van der Waals surface area contributed by atoms with Crippen LogP contribution < -0.4 is 4.74 Å². The second kappa shape index (κ2) is 10.3. The van der Waals surface area contributed by atoms with Gasteiger partial charge in [0.1, 0.15) is 5.75 Å². The van der Waals surface area contributed by atoms with E-state index in [1.54, 1.807) is 0 Å². The molecule has 3 aromatic carbocycles. The fraction of sp³-hybridized carbons (Fsp3) is 0.200. The minimum absolute atomic E-state index is 0.161. The molecular formula is C25H18ClF3N4O6. The first-order valence-corrected chi connectivity index (χ1v) is 11.6. The molecule has 0 saturated carbocycles. The lowest BCUT2D eigenvalue weighted by Gasteiger charge is -2.23. The second-order valence-electron chi connectivity index (χ2n) is 8.64. The summed E-state index contributed by atoms with van der Waals surface area (Å²) in [5.41, 5.74) is -1.65. The number of carbonyl (C=O) groups is 1. The minimum atomic E-state index is -5.09. The molecule has 0 aromatic heterocycles. The Morgan fingerprint density at radius 2 is 1.64 bits per heavy atom. The van der Waals surface area contributed by atoms with Crippen molar-refractivity contribution in [3.8, 4) is 11.5 Å². The number of nitrogens with zero attached hydrogens (tertiary/aromatic N) is 4. The number of carbonyl (C=O) groups excluding carboxylic acids is 1. The first-order chi connectivity index (χ1) is 18.3. The van der Waals surface area contributed by atoms with Crippen LogP contribution in [0.15, 0.2) is 59.7 Å². The van der Waals surface area contributed by atoms with Gasteiger partial charge in [-0.3, -0.25) is 25.0 Å². The molecule has 0 aliphatic carbocycles. The van der Waals surface area contributed by atoms with Crippen LogP contribution in [0.2, 0.25) is 5.02 Å². The van der Waals surface area contributed by atoms with Gasteiger partial charge in [-0.05, 0) is 30.7 Å². The van der Waals surface area contributed by atoms with Crippen LogP contribution in [0, 0.1) is 27.2 Å². The molecule has 14 heteroatoms. The summed E-state index contributed by atoms with van der Waals surface area (Å²) in [7, 11) is 0. The first-order valence-electron chi connectivity index (χ1n) is 11.2. The highest BCUT2D eigenvalue weighted by Crippen LogP contribution is 2.47. The summed E-state index contributed by atoms with van der Waals surface area (Å²) in [5.74, 6) is -1.66. The van der Waals surface area contributed by atoms with Crippen molar-refractivity contribution in [3.63, 3.8) is 0 Å². The molecule has 0 spiro atoms. The zero-order chi connectivity index (χ0) is 28.6. The van der Waals surface area contributed by atoms with Gasteiger partial charge in [-0.25, -0.2) is 5.01 Å². The van der Waals surface area contributed by atoms with Gasteiger partial charge in [0.15, 0.2) is 0 Å². The normalized spacial score (nSPS) is 15.2.